The van der Waals surface area contributed by atoms with Gasteiger partial charge in [0.05, 0.1) is 5.56 Å². The van der Waals surface area contributed by atoms with Crippen LogP contribution in [0, 0.1) is 4.77 Å². The Kier molecular flexibility index (Phi) is 3.33. The van der Waals surface area contributed by atoms with Gasteiger partial charge < -0.3 is 0 Å². The third kappa shape index (κ3) is 2.49. The van der Waals surface area contributed by atoms with Crippen LogP contribution >= 0.6 is 28.1 Å². The summed E-state index contributed by atoms with van der Waals surface area (Å²) in [6.45, 7) is 0. The molecule has 96 valence electrons. The topological polar surface area (TPSA) is 33.6 Å². The fourth-order valence-corrected chi connectivity index (χ4v) is 1.98. The zero-order chi connectivity index (χ0) is 13.5. The summed E-state index contributed by atoms with van der Waals surface area (Å²) in [5.41, 5.74) is -0.793. The van der Waals surface area contributed by atoms with E-state index in [2.05, 4.69) is 26.0 Å². The molecule has 0 unspecified atom stereocenters. The smallest absolute Gasteiger partial charge is 0.279 e. The molecule has 1 aromatic carbocycles. The summed E-state index contributed by atoms with van der Waals surface area (Å²) >= 11 is 7.89. The fraction of sp³-hybridized carbons (Fsp3) is 0.200. The predicted molar refractivity (Wildman–Crippen MR) is 66.5 cm³/mol. The van der Waals surface area contributed by atoms with E-state index in [0.29, 0.717) is 4.47 Å². The second-order valence-electron chi connectivity index (χ2n) is 3.60. The van der Waals surface area contributed by atoms with Crippen LogP contribution in [0.25, 0.3) is 11.4 Å². The molecular weight excluding hydrogens is 331 g/mol. The number of nitrogens with one attached hydrogen (secondary N) is 1. The average Bonchev–Trinajstić information content (AvgIpc) is 2.57. The minimum atomic E-state index is -4.45. The molecule has 3 nitrogen and oxygen atoms in total. The van der Waals surface area contributed by atoms with Gasteiger partial charge in [-0.25, -0.2) is 0 Å². The number of H-pyrrole nitrogens is 1. The number of hydrogen-bond donors (Lipinski definition) is 1. The molecule has 1 N–H and O–H groups in total. The lowest BCUT2D eigenvalue weighted by Gasteiger charge is -2.11. The lowest BCUT2D eigenvalue weighted by atomic mass is 10.1. The first-order valence-electron chi connectivity index (χ1n) is 4.79. The molecule has 0 saturated carbocycles. The second-order valence-corrected chi connectivity index (χ2v) is 4.88. The average molecular weight is 338 g/mol. The molecule has 0 atom stereocenters. The molecule has 1 aromatic heterocycles. The molecule has 0 spiro atoms. The Labute approximate surface area is 114 Å². The van der Waals surface area contributed by atoms with Crippen LogP contribution in [0.4, 0.5) is 13.2 Å². The molecule has 1 heterocycles. The van der Waals surface area contributed by atoms with Gasteiger partial charge in [0.15, 0.2) is 5.82 Å². The van der Waals surface area contributed by atoms with Gasteiger partial charge in [-0.1, -0.05) is 15.9 Å². The number of aryl methyl sites for hydroxylation is 1. The molecule has 8 heteroatoms. The van der Waals surface area contributed by atoms with E-state index in [0.717, 1.165) is 6.07 Å². The van der Waals surface area contributed by atoms with Crippen LogP contribution in [-0.4, -0.2) is 14.8 Å². The minimum Gasteiger partial charge on any atom is -0.279 e. The fourth-order valence-electron chi connectivity index (χ4n) is 1.48. The van der Waals surface area contributed by atoms with Crippen molar-refractivity contribution in [3.8, 4) is 11.4 Å². The van der Waals surface area contributed by atoms with Crippen LogP contribution in [0.5, 0.6) is 0 Å². The van der Waals surface area contributed by atoms with Gasteiger partial charge in [-0.3, -0.25) is 9.78 Å². The van der Waals surface area contributed by atoms with Crippen molar-refractivity contribution in [2.45, 2.75) is 6.18 Å². The van der Waals surface area contributed by atoms with Crippen molar-refractivity contribution in [3.63, 3.8) is 0 Å². The number of halogens is 4. The standard InChI is InChI=1S/C10H7BrF3N3S/c1-17-9(18)15-8(16-17)6-3-2-5(11)4-7(6)10(12,13)14/h2-4H,1H3,(H,15,16,18). The Bertz CT molecular complexity index is 645. The molecule has 0 aliphatic rings. The van der Waals surface area contributed by atoms with E-state index in [-0.39, 0.29) is 16.2 Å². The number of alkyl halides is 3. The predicted octanol–water partition coefficient (Wildman–Crippen LogP) is 3.93. The van der Waals surface area contributed by atoms with E-state index in [1.165, 1.54) is 16.8 Å². The molecule has 0 amide bonds. The van der Waals surface area contributed by atoms with E-state index in [1.807, 2.05) is 0 Å². The van der Waals surface area contributed by atoms with Crippen molar-refractivity contribution in [3.05, 3.63) is 33.0 Å². The van der Waals surface area contributed by atoms with Gasteiger partial charge in [-0.15, -0.1) is 0 Å². The first-order valence-corrected chi connectivity index (χ1v) is 5.99. The summed E-state index contributed by atoms with van der Waals surface area (Å²) in [5, 5.41) is 2.68. The van der Waals surface area contributed by atoms with Crippen molar-refractivity contribution in [2.24, 2.45) is 7.05 Å². The first-order chi connectivity index (χ1) is 8.29. The Morgan fingerprint density at radius 3 is 2.56 bits per heavy atom. The minimum absolute atomic E-state index is 0.0302. The zero-order valence-corrected chi connectivity index (χ0v) is 11.4. The van der Waals surface area contributed by atoms with Gasteiger partial charge >= 0.3 is 6.18 Å². The largest absolute Gasteiger partial charge is 0.417 e. The maximum atomic E-state index is 12.9. The summed E-state index contributed by atoms with van der Waals surface area (Å²) in [6.07, 6.45) is -4.45. The number of nitrogens with zero attached hydrogens (tertiary/aromatic N) is 2. The number of hydrogen-bond acceptors (Lipinski definition) is 2. The van der Waals surface area contributed by atoms with Gasteiger partial charge in [0.25, 0.3) is 0 Å². The van der Waals surface area contributed by atoms with Crippen molar-refractivity contribution in [2.75, 3.05) is 0 Å². The van der Waals surface area contributed by atoms with Crippen LogP contribution < -0.4 is 0 Å². The zero-order valence-electron chi connectivity index (χ0n) is 9.05. The molecule has 0 aliphatic heterocycles. The van der Waals surface area contributed by atoms with Crippen LogP contribution in [0.1, 0.15) is 5.56 Å². The van der Waals surface area contributed by atoms with E-state index in [4.69, 9.17) is 12.2 Å². The maximum absolute atomic E-state index is 12.9. The molecule has 0 bridgehead atoms. The highest BCUT2D eigenvalue weighted by atomic mass is 79.9. The summed E-state index contributed by atoms with van der Waals surface area (Å²) in [7, 11) is 1.59. The summed E-state index contributed by atoms with van der Waals surface area (Å²) < 4.78 is 40.7. The van der Waals surface area contributed by atoms with Crippen LogP contribution in [0.2, 0.25) is 0 Å². The monoisotopic (exact) mass is 337 g/mol. The Hall–Kier alpha value is -1.15. The van der Waals surface area contributed by atoms with Gasteiger partial charge in [0.1, 0.15) is 0 Å². The molecule has 0 saturated heterocycles. The van der Waals surface area contributed by atoms with E-state index < -0.39 is 11.7 Å². The molecule has 18 heavy (non-hydrogen) atoms. The second kappa shape index (κ2) is 4.51. The van der Waals surface area contributed by atoms with Gasteiger partial charge in [-0.05, 0) is 30.4 Å². The molecule has 0 aliphatic carbocycles. The Morgan fingerprint density at radius 1 is 1.39 bits per heavy atom. The van der Waals surface area contributed by atoms with Gasteiger partial charge in [0.2, 0.25) is 4.77 Å². The lowest BCUT2D eigenvalue weighted by molar-refractivity contribution is -0.137. The van der Waals surface area contributed by atoms with E-state index in [9.17, 15) is 13.2 Å². The Balaban J connectivity index is 2.68. The van der Waals surface area contributed by atoms with E-state index in [1.54, 1.807) is 7.05 Å². The van der Waals surface area contributed by atoms with Crippen LogP contribution in [0.3, 0.4) is 0 Å². The number of aromatic nitrogens is 3. The number of aromatic amines is 1. The molecule has 2 rings (SSSR count). The molecular formula is C10H7BrF3N3S. The van der Waals surface area contributed by atoms with Crippen LogP contribution in [-0.2, 0) is 13.2 Å². The maximum Gasteiger partial charge on any atom is 0.417 e. The number of benzene rings is 1. The quantitative estimate of drug-likeness (QED) is 0.800. The van der Waals surface area contributed by atoms with Crippen molar-refractivity contribution >= 4 is 28.1 Å². The van der Waals surface area contributed by atoms with Gasteiger partial charge in [0, 0.05) is 17.1 Å². The van der Waals surface area contributed by atoms with Crippen molar-refractivity contribution in [1.82, 2.24) is 14.8 Å². The van der Waals surface area contributed by atoms with Crippen LogP contribution in [0.15, 0.2) is 22.7 Å². The Morgan fingerprint density at radius 2 is 2.06 bits per heavy atom. The molecule has 0 fully saturated rings. The normalized spacial score (nSPS) is 11.8. The molecule has 2 aromatic rings. The first kappa shape index (κ1) is 13.3. The van der Waals surface area contributed by atoms with Crippen molar-refractivity contribution in [1.29, 1.82) is 0 Å². The third-order valence-corrected chi connectivity index (χ3v) is 3.17. The van der Waals surface area contributed by atoms with Crippen molar-refractivity contribution < 1.29 is 13.2 Å². The summed E-state index contributed by atoms with van der Waals surface area (Å²) in [4.78, 5) is 3.89. The molecule has 0 radical (unpaired) electrons. The third-order valence-electron chi connectivity index (χ3n) is 2.31. The highest BCUT2D eigenvalue weighted by molar-refractivity contribution is 9.10. The summed E-state index contributed by atoms with van der Waals surface area (Å²) in [6, 6.07) is 3.89. The van der Waals surface area contributed by atoms with E-state index >= 15 is 0 Å². The lowest BCUT2D eigenvalue weighted by Crippen LogP contribution is -2.07. The highest BCUT2D eigenvalue weighted by Crippen LogP contribution is 2.37. The SMILES string of the molecule is Cn1[nH]c(-c2ccc(Br)cc2C(F)(F)F)nc1=S. The number of rotatable bonds is 1. The highest BCUT2D eigenvalue weighted by Gasteiger charge is 2.34. The van der Waals surface area contributed by atoms with Gasteiger partial charge in [-0.2, -0.15) is 18.2 Å². The summed E-state index contributed by atoms with van der Waals surface area (Å²) in [5.74, 6) is 0.0994.